The highest BCUT2D eigenvalue weighted by Gasteiger charge is 2.00. The van der Waals surface area contributed by atoms with E-state index < -0.39 is 0 Å². The van der Waals surface area contributed by atoms with E-state index >= 15 is 0 Å². The van der Waals surface area contributed by atoms with Crippen LogP contribution in [-0.2, 0) is 0 Å². The van der Waals surface area contributed by atoms with Crippen LogP contribution in [0.25, 0.3) is 0 Å². The van der Waals surface area contributed by atoms with E-state index in [9.17, 15) is 0 Å². The molecule has 0 aromatic heterocycles. The number of benzene rings is 1. The van der Waals surface area contributed by atoms with E-state index in [0.29, 0.717) is 17.4 Å². The summed E-state index contributed by atoms with van der Waals surface area (Å²) in [7, 11) is 0. The molecule has 1 unspecified atom stereocenters. The lowest BCUT2D eigenvalue weighted by atomic mass is 10.2. The van der Waals surface area contributed by atoms with Crippen molar-refractivity contribution >= 4 is 11.6 Å². The molecule has 0 N–H and O–H groups in total. The molecule has 0 spiro atoms. The van der Waals surface area contributed by atoms with Gasteiger partial charge in [0, 0.05) is 5.02 Å². The molecule has 0 aliphatic carbocycles. The molecule has 0 amide bonds. The molecule has 0 fully saturated rings. The Morgan fingerprint density at radius 3 is 3.00 bits per heavy atom. The molecule has 0 aliphatic rings. The van der Waals surface area contributed by atoms with Crippen LogP contribution in [-0.4, -0.2) is 6.61 Å². The van der Waals surface area contributed by atoms with Crippen molar-refractivity contribution in [2.75, 3.05) is 6.61 Å². The number of nitrogens with zero attached hydrogens (tertiary/aromatic N) is 1. The molecule has 13 heavy (non-hydrogen) atoms. The highest BCUT2D eigenvalue weighted by Crippen LogP contribution is 2.17. The average molecular weight is 196 g/mol. The van der Waals surface area contributed by atoms with Crippen molar-refractivity contribution in [1.29, 1.82) is 5.26 Å². The van der Waals surface area contributed by atoms with Crippen LogP contribution < -0.4 is 4.74 Å². The van der Waals surface area contributed by atoms with Gasteiger partial charge in [-0.2, -0.15) is 5.26 Å². The van der Waals surface area contributed by atoms with E-state index in [1.807, 2.05) is 19.1 Å². The average Bonchev–Trinajstić information content (AvgIpc) is 2.14. The quantitative estimate of drug-likeness (QED) is 0.743. The maximum atomic E-state index is 8.51. The monoisotopic (exact) mass is 195 g/mol. The zero-order valence-electron chi connectivity index (χ0n) is 7.33. The van der Waals surface area contributed by atoms with Crippen molar-refractivity contribution in [3.05, 3.63) is 29.3 Å². The van der Waals surface area contributed by atoms with E-state index in [2.05, 4.69) is 6.07 Å². The van der Waals surface area contributed by atoms with Gasteiger partial charge in [0.25, 0.3) is 0 Å². The lowest BCUT2D eigenvalue weighted by Crippen LogP contribution is -2.05. The van der Waals surface area contributed by atoms with Gasteiger partial charge in [-0.05, 0) is 25.1 Å². The molecule has 0 radical (unpaired) electrons. The first-order valence-corrected chi connectivity index (χ1v) is 4.38. The maximum absolute atomic E-state index is 8.51. The second-order valence-corrected chi connectivity index (χ2v) is 3.23. The summed E-state index contributed by atoms with van der Waals surface area (Å²) in [6.07, 6.45) is 0. The third kappa shape index (κ3) is 3.35. The SMILES string of the molecule is CC(C#N)COc1cccc(Cl)c1. The predicted molar refractivity (Wildman–Crippen MR) is 51.7 cm³/mol. The molecule has 3 heteroatoms. The summed E-state index contributed by atoms with van der Waals surface area (Å²) in [4.78, 5) is 0. The van der Waals surface area contributed by atoms with Crippen LogP contribution in [0.2, 0.25) is 5.02 Å². The molecule has 2 nitrogen and oxygen atoms in total. The lowest BCUT2D eigenvalue weighted by Gasteiger charge is -2.06. The molecule has 1 aromatic carbocycles. The molecule has 0 bridgehead atoms. The van der Waals surface area contributed by atoms with Crippen molar-refractivity contribution in [2.24, 2.45) is 5.92 Å². The van der Waals surface area contributed by atoms with Gasteiger partial charge in [-0.3, -0.25) is 0 Å². The van der Waals surface area contributed by atoms with Gasteiger partial charge in [-0.25, -0.2) is 0 Å². The van der Waals surface area contributed by atoms with Gasteiger partial charge in [0.1, 0.15) is 12.4 Å². The Morgan fingerprint density at radius 1 is 1.62 bits per heavy atom. The molecule has 1 rings (SSSR count). The Balaban J connectivity index is 2.51. The highest BCUT2D eigenvalue weighted by molar-refractivity contribution is 6.30. The van der Waals surface area contributed by atoms with Crippen LogP contribution in [0.5, 0.6) is 5.75 Å². The van der Waals surface area contributed by atoms with Crippen molar-refractivity contribution in [3.63, 3.8) is 0 Å². The van der Waals surface area contributed by atoms with Crippen molar-refractivity contribution < 1.29 is 4.74 Å². The first kappa shape index (κ1) is 9.88. The number of ether oxygens (including phenoxy) is 1. The first-order chi connectivity index (χ1) is 6.22. The fourth-order valence-corrected chi connectivity index (χ4v) is 0.996. The van der Waals surface area contributed by atoms with Crippen LogP contribution in [0.3, 0.4) is 0 Å². The number of halogens is 1. The molecule has 0 saturated heterocycles. The molecule has 0 aliphatic heterocycles. The predicted octanol–water partition coefficient (Wildman–Crippen LogP) is 2.88. The molecular weight excluding hydrogens is 186 g/mol. The Labute approximate surface area is 82.7 Å². The fourth-order valence-electron chi connectivity index (χ4n) is 0.815. The van der Waals surface area contributed by atoms with Gasteiger partial charge in [0.15, 0.2) is 0 Å². The van der Waals surface area contributed by atoms with E-state index in [1.54, 1.807) is 12.1 Å². The van der Waals surface area contributed by atoms with E-state index in [1.165, 1.54) is 0 Å². The second-order valence-electron chi connectivity index (χ2n) is 2.80. The van der Waals surface area contributed by atoms with E-state index in [0.717, 1.165) is 0 Å². The molecule has 0 heterocycles. The third-order valence-electron chi connectivity index (χ3n) is 1.52. The van der Waals surface area contributed by atoms with Gasteiger partial charge in [-0.1, -0.05) is 17.7 Å². The van der Waals surface area contributed by atoms with Gasteiger partial charge in [0.05, 0.1) is 12.0 Å². The standard InChI is InChI=1S/C10H10ClNO/c1-8(6-12)7-13-10-4-2-3-9(11)5-10/h2-5,8H,7H2,1H3. The molecular formula is C10H10ClNO. The van der Waals surface area contributed by atoms with Crippen molar-refractivity contribution in [3.8, 4) is 11.8 Å². The Kier molecular flexibility index (Phi) is 3.60. The van der Waals surface area contributed by atoms with E-state index in [4.69, 9.17) is 21.6 Å². The minimum absolute atomic E-state index is 0.0982. The summed E-state index contributed by atoms with van der Waals surface area (Å²) in [6.45, 7) is 2.21. The largest absolute Gasteiger partial charge is 0.492 e. The number of rotatable bonds is 3. The molecule has 0 saturated carbocycles. The van der Waals surface area contributed by atoms with Gasteiger partial charge < -0.3 is 4.74 Å². The molecule has 1 atom stereocenters. The number of hydrogen-bond acceptors (Lipinski definition) is 2. The maximum Gasteiger partial charge on any atom is 0.120 e. The van der Waals surface area contributed by atoms with Crippen LogP contribution in [0.4, 0.5) is 0 Å². The normalized spacial score (nSPS) is 11.8. The van der Waals surface area contributed by atoms with Gasteiger partial charge in [0.2, 0.25) is 0 Å². The summed E-state index contributed by atoms with van der Waals surface area (Å²) >= 11 is 5.75. The Hall–Kier alpha value is -1.20. The van der Waals surface area contributed by atoms with Crippen LogP contribution in [0.15, 0.2) is 24.3 Å². The lowest BCUT2D eigenvalue weighted by molar-refractivity contribution is 0.288. The Bertz CT molecular complexity index is 319. The minimum atomic E-state index is -0.0982. The van der Waals surface area contributed by atoms with Gasteiger partial charge in [-0.15, -0.1) is 0 Å². The smallest absolute Gasteiger partial charge is 0.120 e. The summed E-state index contributed by atoms with van der Waals surface area (Å²) in [5, 5.41) is 9.15. The third-order valence-corrected chi connectivity index (χ3v) is 1.75. The summed E-state index contributed by atoms with van der Waals surface area (Å²) < 4.78 is 5.33. The summed E-state index contributed by atoms with van der Waals surface area (Å²) in [5.41, 5.74) is 0. The zero-order valence-corrected chi connectivity index (χ0v) is 8.08. The first-order valence-electron chi connectivity index (χ1n) is 4.00. The molecule has 1 aromatic rings. The van der Waals surface area contributed by atoms with Crippen LogP contribution in [0.1, 0.15) is 6.92 Å². The topological polar surface area (TPSA) is 33.0 Å². The van der Waals surface area contributed by atoms with Crippen LogP contribution >= 0.6 is 11.6 Å². The summed E-state index contributed by atoms with van der Waals surface area (Å²) in [6, 6.07) is 9.23. The molecule has 68 valence electrons. The Morgan fingerprint density at radius 2 is 2.38 bits per heavy atom. The number of hydrogen-bond donors (Lipinski definition) is 0. The van der Waals surface area contributed by atoms with E-state index in [-0.39, 0.29) is 5.92 Å². The van der Waals surface area contributed by atoms with Crippen molar-refractivity contribution in [1.82, 2.24) is 0 Å². The summed E-state index contributed by atoms with van der Waals surface area (Å²) in [5.74, 6) is 0.605. The fraction of sp³-hybridized carbons (Fsp3) is 0.300. The van der Waals surface area contributed by atoms with Crippen LogP contribution in [0, 0.1) is 17.2 Å². The number of nitriles is 1. The van der Waals surface area contributed by atoms with Gasteiger partial charge >= 0.3 is 0 Å². The van der Waals surface area contributed by atoms with Crippen molar-refractivity contribution in [2.45, 2.75) is 6.92 Å². The highest BCUT2D eigenvalue weighted by atomic mass is 35.5. The second kappa shape index (κ2) is 4.74. The zero-order chi connectivity index (χ0) is 9.68. The minimum Gasteiger partial charge on any atom is -0.492 e.